The highest BCUT2D eigenvalue weighted by Crippen LogP contribution is 2.34. The number of hydrogen-bond acceptors (Lipinski definition) is 5. The predicted molar refractivity (Wildman–Crippen MR) is 129 cm³/mol. The van der Waals surface area contributed by atoms with E-state index in [1.807, 2.05) is 50.2 Å². The molecule has 0 saturated heterocycles. The Kier molecular flexibility index (Phi) is 7.81. The number of nitrogens with one attached hydrogen (secondary N) is 3. The van der Waals surface area contributed by atoms with Gasteiger partial charge >= 0.3 is 6.09 Å². The van der Waals surface area contributed by atoms with Crippen LogP contribution in [0.15, 0.2) is 54.6 Å². The van der Waals surface area contributed by atoms with Crippen LogP contribution in [0.4, 0.5) is 10.5 Å². The maximum atomic E-state index is 13.3. The fraction of sp³-hybridized carbons (Fsp3) is 0.423. The average Bonchev–Trinajstić information content (AvgIpc) is 2.88. The van der Waals surface area contributed by atoms with Gasteiger partial charge in [-0.05, 0) is 50.8 Å². The van der Waals surface area contributed by atoms with Gasteiger partial charge < -0.3 is 25.4 Å². The van der Waals surface area contributed by atoms with Crippen molar-refractivity contribution in [3.05, 3.63) is 60.2 Å². The van der Waals surface area contributed by atoms with Crippen molar-refractivity contribution in [1.82, 2.24) is 10.6 Å². The highest BCUT2D eigenvalue weighted by Gasteiger charge is 2.38. The molecule has 1 aliphatic heterocycles. The van der Waals surface area contributed by atoms with Gasteiger partial charge in [-0.25, -0.2) is 4.79 Å². The zero-order chi connectivity index (χ0) is 24.9. The van der Waals surface area contributed by atoms with Crippen LogP contribution >= 0.6 is 0 Å². The Morgan fingerprint density at radius 3 is 2.35 bits per heavy atom. The first-order chi connectivity index (χ1) is 16.0. The highest BCUT2D eigenvalue weighted by molar-refractivity contribution is 6.00. The number of para-hydroxylation sites is 2. The van der Waals surface area contributed by atoms with Gasteiger partial charge in [0.2, 0.25) is 5.91 Å². The lowest BCUT2D eigenvalue weighted by Crippen LogP contribution is -2.55. The van der Waals surface area contributed by atoms with Gasteiger partial charge in [-0.1, -0.05) is 56.3 Å². The molecule has 3 rings (SSSR count). The summed E-state index contributed by atoms with van der Waals surface area (Å²) in [5, 5.41) is 8.31. The summed E-state index contributed by atoms with van der Waals surface area (Å²) in [6, 6.07) is 14.4. The van der Waals surface area contributed by atoms with Crippen LogP contribution in [0.2, 0.25) is 0 Å². The maximum Gasteiger partial charge on any atom is 0.408 e. The SMILES string of the molecule is CC(C)C[C@H](NC(=O)OC(C)(C)C)C(=O)N[C@@H]1C(=O)Nc2ccccc2O[C@@H]1c1ccccc1. The van der Waals surface area contributed by atoms with E-state index in [4.69, 9.17) is 9.47 Å². The van der Waals surface area contributed by atoms with Crippen LogP contribution in [0, 0.1) is 5.92 Å². The smallest absolute Gasteiger partial charge is 0.408 e. The molecule has 3 N–H and O–H groups in total. The lowest BCUT2D eigenvalue weighted by atomic mass is 9.99. The van der Waals surface area contributed by atoms with Gasteiger partial charge in [0.15, 0.2) is 6.10 Å². The number of carbonyl (C=O) groups excluding carboxylic acids is 3. The number of ether oxygens (including phenoxy) is 2. The third-order valence-electron chi connectivity index (χ3n) is 5.12. The van der Waals surface area contributed by atoms with Crippen LogP contribution in [0.1, 0.15) is 52.7 Å². The minimum absolute atomic E-state index is 0.110. The van der Waals surface area contributed by atoms with E-state index in [1.165, 1.54) is 0 Å². The first-order valence-electron chi connectivity index (χ1n) is 11.4. The Hall–Kier alpha value is -3.55. The molecule has 182 valence electrons. The number of carbonyl (C=O) groups is 3. The van der Waals surface area contributed by atoms with E-state index < -0.39 is 41.7 Å². The summed E-state index contributed by atoms with van der Waals surface area (Å²) in [5.74, 6) is -0.283. The van der Waals surface area contributed by atoms with Gasteiger partial charge in [0.25, 0.3) is 5.91 Å². The van der Waals surface area contributed by atoms with Gasteiger partial charge in [-0.3, -0.25) is 9.59 Å². The lowest BCUT2D eigenvalue weighted by Gasteiger charge is -2.28. The molecule has 3 atom stereocenters. The number of rotatable bonds is 6. The van der Waals surface area contributed by atoms with Crippen molar-refractivity contribution in [3.8, 4) is 5.75 Å². The van der Waals surface area contributed by atoms with Gasteiger partial charge in [0, 0.05) is 0 Å². The van der Waals surface area contributed by atoms with E-state index in [-0.39, 0.29) is 5.92 Å². The molecule has 0 spiro atoms. The van der Waals surface area contributed by atoms with Crippen LogP contribution in [-0.2, 0) is 14.3 Å². The van der Waals surface area contributed by atoms with E-state index in [0.29, 0.717) is 17.9 Å². The largest absolute Gasteiger partial charge is 0.481 e. The van der Waals surface area contributed by atoms with Crippen molar-refractivity contribution in [2.75, 3.05) is 5.32 Å². The molecule has 8 heteroatoms. The molecule has 0 aromatic heterocycles. The summed E-state index contributed by atoms with van der Waals surface area (Å²) in [5.41, 5.74) is 0.554. The van der Waals surface area contributed by atoms with E-state index in [1.54, 1.807) is 39.0 Å². The molecule has 0 unspecified atom stereocenters. The van der Waals surface area contributed by atoms with Crippen molar-refractivity contribution in [1.29, 1.82) is 0 Å². The minimum Gasteiger partial charge on any atom is -0.481 e. The van der Waals surface area contributed by atoms with Crippen LogP contribution in [-0.4, -0.2) is 35.6 Å². The Labute approximate surface area is 200 Å². The second-order valence-corrected chi connectivity index (χ2v) is 9.75. The molecule has 8 nitrogen and oxygen atoms in total. The zero-order valence-electron chi connectivity index (χ0n) is 20.3. The molecular formula is C26H33N3O5. The van der Waals surface area contributed by atoms with Crippen molar-refractivity contribution < 1.29 is 23.9 Å². The number of anilines is 1. The number of benzene rings is 2. The number of alkyl carbamates (subject to hydrolysis) is 1. The predicted octanol–water partition coefficient (Wildman–Crippen LogP) is 4.18. The number of hydrogen-bond donors (Lipinski definition) is 3. The molecule has 0 fully saturated rings. The van der Waals surface area contributed by atoms with E-state index >= 15 is 0 Å². The van der Waals surface area contributed by atoms with Crippen molar-refractivity contribution >= 4 is 23.6 Å². The van der Waals surface area contributed by atoms with Gasteiger partial charge in [-0.15, -0.1) is 0 Å². The van der Waals surface area contributed by atoms with Gasteiger partial charge in [0.05, 0.1) is 5.69 Å². The topological polar surface area (TPSA) is 106 Å². The first-order valence-corrected chi connectivity index (χ1v) is 11.4. The highest BCUT2D eigenvalue weighted by atomic mass is 16.6. The summed E-state index contributed by atoms with van der Waals surface area (Å²) in [7, 11) is 0. The molecule has 1 aliphatic rings. The molecule has 0 radical (unpaired) electrons. The number of fused-ring (bicyclic) bond motifs is 1. The second kappa shape index (κ2) is 10.6. The summed E-state index contributed by atoms with van der Waals surface area (Å²) >= 11 is 0. The third kappa shape index (κ3) is 6.73. The Bertz CT molecular complexity index is 1020. The van der Waals surface area contributed by atoms with Crippen LogP contribution in [0.25, 0.3) is 0 Å². The lowest BCUT2D eigenvalue weighted by molar-refractivity contribution is -0.129. The van der Waals surface area contributed by atoms with Crippen molar-refractivity contribution in [3.63, 3.8) is 0 Å². The quantitative estimate of drug-likeness (QED) is 0.591. The summed E-state index contributed by atoms with van der Waals surface area (Å²) in [4.78, 5) is 39.0. The maximum absolute atomic E-state index is 13.3. The molecule has 34 heavy (non-hydrogen) atoms. The van der Waals surface area contributed by atoms with Crippen molar-refractivity contribution in [2.45, 2.75) is 64.8 Å². The summed E-state index contributed by atoms with van der Waals surface area (Å²) < 4.78 is 11.6. The molecule has 2 aromatic carbocycles. The van der Waals surface area contributed by atoms with Crippen LogP contribution < -0.4 is 20.7 Å². The van der Waals surface area contributed by atoms with Crippen molar-refractivity contribution in [2.24, 2.45) is 5.92 Å². The Balaban J connectivity index is 1.87. The fourth-order valence-corrected chi connectivity index (χ4v) is 3.68. The molecule has 2 aromatic rings. The molecule has 0 bridgehead atoms. The summed E-state index contributed by atoms with van der Waals surface area (Å²) in [6.07, 6.45) is -1.09. The third-order valence-corrected chi connectivity index (χ3v) is 5.12. The Morgan fingerprint density at radius 2 is 1.71 bits per heavy atom. The second-order valence-electron chi connectivity index (χ2n) is 9.75. The van der Waals surface area contributed by atoms with Crippen LogP contribution in [0.5, 0.6) is 5.75 Å². The molecule has 1 heterocycles. The van der Waals surface area contributed by atoms with E-state index in [2.05, 4.69) is 16.0 Å². The Morgan fingerprint density at radius 1 is 1.06 bits per heavy atom. The fourth-order valence-electron chi connectivity index (χ4n) is 3.68. The van der Waals surface area contributed by atoms with Gasteiger partial charge in [-0.2, -0.15) is 0 Å². The molecule has 3 amide bonds. The molecule has 0 aliphatic carbocycles. The molecular weight excluding hydrogens is 434 g/mol. The van der Waals surface area contributed by atoms with E-state index in [0.717, 1.165) is 5.56 Å². The minimum atomic E-state index is -1.03. The summed E-state index contributed by atoms with van der Waals surface area (Å²) in [6.45, 7) is 9.14. The zero-order valence-corrected chi connectivity index (χ0v) is 20.3. The number of amides is 3. The van der Waals surface area contributed by atoms with E-state index in [9.17, 15) is 14.4 Å². The normalized spacial score (nSPS) is 18.6. The molecule has 0 saturated carbocycles. The standard InChI is InChI=1S/C26H33N3O5/c1-16(2)15-19(28-25(32)34-26(3,4)5)23(30)29-21-22(17-11-7-6-8-12-17)33-20-14-10-9-13-18(20)27-24(21)31/h6-14,16,19,21-22H,15H2,1-5H3,(H,27,31)(H,28,32)(H,29,30)/t19-,21-,22+/m0/s1. The first kappa shape index (κ1) is 25.1. The van der Waals surface area contributed by atoms with Crippen LogP contribution in [0.3, 0.4) is 0 Å². The van der Waals surface area contributed by atoms with Gasteiger partial charge in [0.1, 0.15) is 23.4 Å². The average molecular weight is 468 g/mol. The monoisotopic (exact) mass is 467 g/mol.